The van der Waals surface area contributed by atoms with Gasteiger partial charge >= 0.3 is 5.97 Å². The lowest BCUT2D eigenvalue weighted by molar-refractivity contribution is -0.125. The molecule has 3 aromatic carbocycles. The fraction of sp³-hybridized carbons (Fsp3) is 0.154. The molecule has 176 valence electrons. The largest absolute Gasteiger partial charge is 0.493 e. The SMILES string of the molecule is O=C(COC(=O)c1ccc2c(c1)C(=O)N(c1ccccc1Cl)C2=O)NC1CCOc2ccccc21. The highest BCUT2D eigenvalue weighted by molar-refractivity contribution is 6.39. The Labute approximate surface area is 205 Å². The molecule has 2 aliphatic heterocycles. The molecule has 3 amide bonds. The van der Waals surface area contributed by atoms with Crippen molar-refractivity contribution in [3.05, 3.63) is 94.0 Å². The van der Waals surface area contributed by atoms with Gasteiger partial charge in [-0.05, 0) is 36.4 Å². The van der Waals surface area contributed by atoms with Gasteiger partial charge in [-0.1, -0.05) is 41.9 Å². The Morgan fingerprint density at radius 1 is 1.00 bits per heavy atom. The van der Waals surface area contributed by atoms with E-state index in [2.05, 4.69) is 5.32 Å². The molecule has 0 aliphatic carbocycles. The first-order chi connectivity index (χ1) is 16.9. The monoisotopic (exact) mass is 490 g/mol. The Kier molecular flexibility index (Phi) is 5.96. The number of nitrogens with one attached hydrogen (secondary N) is 1. The molecule has 0 radical (unpaired) electrons. The van der Waals surface area contributed by atoms with Gasteiger partial charge in [-0.2, -0.15) is 0 Å². The predicted molar refractivity (Wildman–Crippen MR) is 127 cm³/mol. The number of amides is 3. The number of carbonyl (C=O) groups excluding carboxylic acids is 4. The van der Waals surface area contributed by atoms with Gasteiger partial charge in [-0.3, -0.25) is 14.4 Å². The molecule has 0 fully saturated rings. The Morgan fingerprint density at radius 2 is 1.74 bits per heavy atom. The number of anilines is 1. The Bertz CT molecular complexity index is 1370. The van der Waals surface area contributed by atoms with E-state index in [9.17, 15) is 19.2 Å². The van der Waals surface area contributed by atoms with Crippen molar-refractivity contribution in [3.8, 4) is 5.75 Å². The molecule has 1 atom stereocenters. The molecular weight excluding hydrogens is 472 g/mol. The summed E-state index contributed by atoms with van der Waals surface area (Å²) >= 11 is 6.16. The third-order valence-electron chi connectivity index (χ3n) is 5.84. The van der Waals surface area contributed by atoms with Gasteiger partial charge in [0, 0.05) is 12.0 Å². The number of carbonyl (C=O) groups is 4. The van der Waals surface area contributed by atoms with E-state index in [0.29, 0.717) is 18.8 Å². The smallest absolute Gasteiger partial charge is 0.338 e. The molecule has 1 N–H and O–H groups in total. The normalized spacial score (nSPS) is 16.3. The standard InChI is InChI=1S/C26H19ClN2O6/c27-19-6-2-3-7-21(19)29-24(31)16-10-9-15(13-18(16)25(29)32)26(33)35-14-23(30)28-20-11-12-34-22-8-4-1-5-17(20)22/h1-10,13,20H,11-12,14H2,(H,28,30). The van der Waals surface area contributed by atoms with Crippen LogP contribution in [0.3, 0.4) is 0 Å². The Balaban J connectivity index is 1.25. The van der Waals surface area contributed by atoms with E-state index < -0.39 is 30.3 Å². The maximum Gasteiger partial charge on any atom is 0.338 e. The minimum Gasteiger partial charge on any atom is -0.493 e. The van der Waals surface area contributed by atoms with Gasteiger partial charge in [-0.25, -0.2) is 9.69 Å². The molecule has 9 heteroatoms. The summed E-state index contributed by atoms with van der Waals surface area (Å²) in [4.78, 5) is 51.7. The topological polar surface area (TPSA) is 102 Å². The van der Waals surface area contributed by atoms with E-state index in [1.165, 1.54) is 18.2 Å². The van der Waals surface area contributed by atoms with E-state index >= 15 is 0 Å². The average Bonchev–Trinajstić information content (AvgIpc) is 3.12. The summed E-state index contributed by atoms with van der Waals surface area (Å²) in [6, 6.07) is 17.7. The number of benzene rings is 3. The average molecular weight is 491 g/mol. The lowest BCUT2D eigenvalue weighted by atomic mass is 10.0. The van der Waals surface area contributed by atoms with Crippen molar-refractivity contribution in [1.82, 2.24) is 5.32 Å². The molecule has 2 aliphatic rings. The number of imide groups is 1. The lowest BCUT2D eigenvalue weighted by Gasteiger charge is -2.26. The van der Waals surface area contributed by atoms with Crippen LogP contribution in [0, 0.1) is 0 Å². The fourth-order valence-electron chi connectivity index (χ4n) is 4.16. The lowest BCUT2D eigenvalue weighted by Crippen LogP contribution is -2.35. The minimum atomic E-state index is -0.785. The summed E-state index contributed by atoms with van der Waals surface area (Å²) in [5, 5.41) is 3.10. The molecule has 8 nitrogen and oxygen atoms in total. The molecule has 0 saturated carbocycles. The summed E-state index contributed by atoms with van der Waals surface area (Å²) in [5.74, 6) is -1.66. The zero-order valence-electron chi connectivity index (χ0n) is 18.3. The number of hydrogen-bond donors (Lipinski definition) is 1. The van der Waals surface area contributed by atoms with Crippen LogP contribution < -0.4 is 15.0 Å². The minimum absolute atomic E-state index is 0.0510. The molecule has 0 aromatic heterocycles. The molecule has 0 spiro atoms. The molecular formula is C26H19ClN2O6. The van der Waals surface area contributed by atoms with E-state index in [-0.39, 0.29) is 33.4 Å². The van der Waals surface area contributed by atoms with Crippen LogP contribution in [-0.2, 0) is 9.53 Å². The van der Waals surface area contributed by atoms with Crippen LogP contribution >= 0.6 is 11.6 Å². The number of fused-ring (bicyclic) bond motifs is 2. The number of halogens is 1. The Hall–Kier alpha value is -4.17. The molecule has 2 heterocycles. The van der Waals surface area contributed by atoms with E-state index in [1.54, 1.807) is 24.3 Å². The molecule has 35 heavy (non-hydrogen) atoms. The molecule has 0 saturated heterocycles. The number of nitrogens with zero attached hydrogens (tertiary/aromatic N) is 1. The first-order valence-electron chi connectivity index (χ1n) is 10.9. The van der Waals surface area contributed by atoms with Gasteiger partial charge in [0.05, 0.1) is 40.0 Å². The molecule has 0 bridgehead atoms. The summed E-state index contributed by atoms with van der Waals surface area (Å²) in [5.41, 5.74) is 1.39. The second kappa shape index (κ2) is 9.23. The number of para-hydroxylation sites is 2. The van der Waals surface area contributed by atoms with Crippen LogP contribution in [0.4, 0.5) is 5.69 Å². The second-order valence-electron chi connectivity index (χ2n) is 8.03. The van der Waals surface area contributed by atoms with Crippen LogP contribution in [0.5, 0.6) is 5.75 Å². The summed E-state index contributed by atoms with van der Waals surface area (Å²) < 4.78 is 10.7. The van der Waals surface area contributed by atoms with Crippen LogP contribution in [0.1, 0.15) is 49.1 Å². The van der Waals surface area contributed by atoms with Gasteiger partial charge in [0.15, 0.2) is 6.61 Å². The van der Waals surface area contributed by atoms with Crippen LogP contribution in [-0.4, -0.2) is 36.9 Å². The third-order valence-corrected chi connectivity index (χ3v) is 6.16. The maximum absolute atomic E-state index is 12.9. The van der Waals surface area contributed by atoms with Crippen LogP contribution in [0.2, 0.25) is 5.02 Å². The quantitative estimate of drug-likeness (QED) is 0.429. The number of hydrogen-bond acceptors (Lipinski definition) is 6. The van der Waals surface area contributed by atoms with Crippen molar-refractivity contribution in [2.45, 2.75) is 12.5 Å². The highest BCUT2D eigenvalue weighted by Crippen LogP contribution is 2.34. The zero-order chi connectivity index (χ0) is 24.5. The third kappa shape index (κ3) is 4.24. The van der Waals surface area contributed by atoms with Crippen LogP contribution in [0.15, 0.2) is 66.7 Å². The highest BCUT2D eigenvalue weighted by Gasteiger charge is 2.38. The number of rotatable bonds is 5. The van der Waals surface area contributed by atoms with Gasteiger partial charge < -0.3 is 14.8 Å². The molecule has 1 unspecified atom stereocenters. The van der Waals surface area contributed by atoms with Gasteiger partial charge in [0.1, 0.15) is 5.75 Å². The Morgan fingerprint density at radius 3 is 2.57 bits per heavy atom. The van der Waals surface area contributed by atoms with Gasteiger partial charge in [0.2, 0.25) is 0 Å². The first kappa shape index (κ1) is 22.6. The summed E-state index contributed by atoms with van der Waals surface area (Å²) in [7, 11) is 0. The second-order valence-corrected chi connectivity index (χ2v) is 8.44. The van der Waals surface area contributed by atoms with Crippen molar-refractivity contribution in [2.75, 3.05) is 18.1 Å². The predicted octanol–water partition coefficient (Wildman–Crippen LogP) is 3.94. The van der Waals surface area contributed by atoms with Crippen molar-refractivity contribution >= 4 is 41.0 Å². The highest BCUT2D eigenvalue weighted by atomic mass is 35.5. The van der Waals surface area contributed by atoms with Crippen molar-refractivity contribution in [2.24, 2.45) is 0 Å². The van der Waals surface area contributed by atoms with Gasteiger partial charge in [-0.15, -0.1) is 0 Å². The number of esters is 1. The van der Waals surface area contributed by atoms with Gasteiger partial charge in [0.25, 0.3) is 17.7 Å². The first-order valence-corrected chi connectivity index (χ1v) is 11.3. The number of ether oxygens (including phenoxy) is 2. The van der Waals surface area contributed by atoms with E-state index in [1.807, 2.05) is 24.3 Å². The molecule has 5 rings (SSSR count). The molecule has 3 aromatic rings. The fourth-order valence-corrected chi connectivity index (χ4v) is 4.38. The van der Waals surface area contributed by atoms with Crippen molar-refractivity contribution < 1.29 is 28.7 Å². The van der Waals surface area contributed by atoms with Crippen molar-refractivity contribution in [3.63, 3.8) is 0 Å². The zero-order valence-corrected chi connectivity index (χ0v) is 19.1. The van der Waals surface area contributed by atoms with Crippen LogP contribution in [0.25, 0.3) is 0 Å². The van der Waals surface area contributed by atoms with Crippen molar-refractivity contribution in [1.29, 1.82) is 0 Å². The summed E-state index contributed by atoms with van der Waals surface area (Å²) in [6.45, 7) is -0.0249. The maximum atomic E-state index is 12.9. The van der Waals surface area contributed by atoms with E-state index in [0.717, 1.165) is 10.5 Å². The summed E-state index contributed by atoms with van der Waals surface area (Å²) in [6.07, 6.45) is 0.597. The van der Waals surface area contributed by atoms with E-state index in [4.69, 9.17) is 21.1 Å².